The van der Waals surface area contributed by atoms with Crippen LogP contribution in [-0.4, -0.2) is 63.1 Å². The second-order valence-corrected chi connectivity index (χ2v) is 9.33. The van der Waals surface area contributed by atoms with E-state index < -0.39 is 0 Å². The number of methoxy groups -OCH3 is 2. The van der Waals surface area contributed by atoms with Crippen LogP contribution < -0.4 is 14.4 Å². The number of esters is 1. The predicted octanol–water partition coefficient (Wildman–Crippen LogP) is 4.18. The number of hydrogen-bond acceptors (Lipinski definition) is 6. The Morgan fingerprint density at radius 2 is 1.50 bits per heavy atom. The van der Waals surface area contributed by atoms with Gasteiger partial charge >= 0.3 is 5.97 Å². The molecule has 192 valence electrons. The lowest BCUT2D eigenvalue weighted by atomic mass is 9.94. The highest BCUT2D eigenvalue weighted by Crippen LogP contribution is 2.33. The molecule has 0 atom stereocenters. The molecule has 0 unspecified atom stereocenters. The molecule has 2 fully saturated rings. The van der Waals surface area contributed by atoms with E-state index in [4.69, 9.17) is 14.2 Å². The molecule has 2 aromatic rings. The minimum Gasteiger partial charge on any atom is -0.497 e. The molecular formula is C28H34N2O6. The summed E-state index contributed by atoms with van der Waals surface area (Å²) in [7, 11) is 3.11. The molecule has 0 radical (unpaired) electrons. The van der Waals surface area contributed by atoms with Gasteiger partial charge in [0.2, 0.25) is 5.91 Å². The lowest BCUT2D eigenvalue weighted by Crippen LogP contribution is -2.45. The Kier molecular flexibility index (Phi) is 8.13. The zero-order chi connectivity index (χ0) is 25.7. The first-order chi connectivity index (χ1) is 17.4. The molecular weight excluding hydrogens is 460 g/mol. The van der Waals surface area contributed by atoms with Crippen LogP contribution in [0.5, 0.6) is 11.5 Å². The van der Waals surface area contributed by atoms with Gasteiger partial charge in [-0.1, -0.05) is 0 Å². The summed E-state index contributed by atoms with van der Waals surface area (Å²) in [6.07, 6.45) is 3.46. The number of anilines is 1. The van der Waals surface area contributed by atoms with Gasteiger partial charge in [-0.25, -0.2) is 4.79 Å². The summed E-state index contributed by atoms with van der Waals surface area (Å²) >= 11 is 0. The number of carbonyl (C=O) groups is 3. The molecule has 1 saturated carbocycles. The molecule has 0 bridgehead atoms. The lowest BCUT2D eigenvalue weighted by molar-refractivity contribution is -0.123. The largest absolute Gasteiger partial charge is 0.497 e. The molecule has 1 heterocycles. The first-order valence-corrected chi connectivity index (χ1v) is 12.5. The molecule has 2 aromatic carbocycles. The van der Waals surface area contributed by atoms with Crippen LogP contribution in [0.25, 0.3) is 0 Å². The van der Waals surface area contributed by atoms with E-state index in [1.807, 2.05) is 17.0 Å². The third-order valence-corrected chi connectivity index (χ3v) is 6.82. The molecule has 1 saturated heterocycles. The average molecular weight is 495 g/mol. The maximum atomic E-state index is 13.6. The van der Waals surface area contributed by atoms with Gasteiger partial charge in [0.05, 0.1) is 26.4 Å². The Morgan fingerprint density at radius 1 is 0.889 bits per heavy atom. The minimum absolute atomic E-state index is 0.0842. The number of benzene rings is 2. The second kappa shape index (κ2) is 11.5. The smallest absolute Gasteiger partial charge is 0.338 e. The number of ether oxygens (including phenoxy) is 3. The van der Waals surface area contributed by atoms with E-state index in [0.717, 1.165) is 18.5 Å². The third kappa shape index (κ3) is 5.98. The summed E-state index contributed by atoms with van der Waals surface area (Å²) in [5.41, 5.74) is 1.77. The molecule has 1 aliphatic heterocycles. The van der Waals surface area contributed by atoms with Gasteiger partial charge in [-0.15, -0.1) is 0 Å². The van der Waals surface area contributed by atoms with Crippen LogP contribution in [0.1, 0.15) is 53.3 Å². The van der Waals surface area contributed by atoms with Crippen LogP contribution in [0.15, 0.2) is 42.5 Å². The van der Waals surface area contributed by atoms with Crippen LogP contribution in [0.3, 0.4) is 0 Å². The van der Waals surface area contributed by atoms with Gasteiger partial charge in [0.25, 0.3) is 5.91 Å². The molecule has 2 amide bonds. The van der Waals surface area contributed by atoms with Crippen molar-refractivity contribution in [1.29, 1.82) is 0 Å². The standard InChI is InChI=1S/C28H34N2O6/c1-4-36-28(33)21-7-9-23(10-8-21)30(18-19-5-6-19)27(32)20-11-13-29(14-12-20)26(31)22-15-24(34-2)17-25(16-22)35-3/h7-10,15-17,19-20H,4-6,11-14,18H2,1-3H3. The molecule has 8 heteroatoms. The Balaban J connectivity index is 1.42. The van der Waals surface area contributed by atoms with Gasteiger partial charge < -0.3 is 24.0 Å². The zero-order valence-electron chi connectivity index (χ0n) is 21.2. The fraction of sp³-hybridized carbons (Fsp3) is 0.464. The summed E-state index contributed by atoms with van der Waals surface area (Å²) < 4.78 is 15.7. The molecule has 8 nitrogen and oxygen atoms in total. The summed E-state index contributed by atoms with van der Waals surface area (Å²) in [5.74, 6) is 1.11. The Morgan fingerprint density at radius 3 is 2.03 bits per heavy atom. The van der Waals surface area contributed by atoms with Crippen molar-refractivity contribution in [3.63, 3.8) is 0 Å². The van der Waals surface area contributed by atoms with E-state index in [9.17, 15) is 14.4 Å². The fourth-order valence-corrected chi connectivity index (χ4v) is 4.54. The van der Waals surface area contributed by atoms with E-state index in [0.29, 0.717) is 67.6 Å². The fourth-order valence-electron chi connectivity index (χ4n) is 4.54. The minimum atomic E-state index is -0.366. The van der Waals surface area contributed by atoms with Crippen molar-refractivity contribution in [2.45, 2.75) is 32.6 Å². The zero-order valence-corrected chi connectivity index (χ0v) is 21.2. The number of rotatable bonds is 9. The molecule has 1 aliphatic carbocycles. The van der Waals surface area contributed by atoms with Crippen molar-refractivity contribution in [3.8, 4) is 11.5 Å². The maximum absolute atomic E-state index is 13.6. The van der Waals surface area contributed by atoms with Gasteiger partial charge in [-0.3, -0.25) is 9.59 Å². The van der Waals surface area contributed by atoms with E-state index in [1.54, 1.807) is 56.4 Å². The highest BCUT2D eigenvalue weighted by Gasteiger charge is 2.34. The summed E-state index contributed by atoms with van der Waals surface area (Å²) in [4.78, 5) is 42.4. The number of carbonyl (C=O) groups excluding carboxylic acids is 3. The molecule has 0 spiro atoms. The van der Waals surface area contributed by atoms with Crippen molar-refractivity contribution in [2.75, 3.05) is 45.4 Å². The first-order valence-electron chi connectivity index (χ1n) is 12.5. The van der Waals surface area contributed by atoms with Gasteiger partial charge in [0.15, 0.2) is 0 Å². The number of piperidine rings is 1. The Labute approximate surface area is 212 Å². The Hall–Kier alpha value is -3.55. The van der Waals surface area contributed by atoms with Crippen LogP contribution in [-0.2, 0) is 9.53 Å². The molecule has 2 aliphatic rings. The summed E-state index contributed by atoms with van der Waals surface area (Å²) in [6, 6.07) is 12.2. The number of amides is 2. The van der Waals surface area contributed by atoms with E-state index >= 15 is 0 Å². The summed E-state index contributed by atoms with van der Waals surface area (Å²) in [5, 5.41) is 0. The highest BCUT2D eigenvalue weighted by atomic mass is 16.5. The topological polar surface area (TPSA) is 85.4 Å². The lowest BCUT2D eigenvalue weighted by Gasteiger charge is -2.34. The van der Waals surface area contributed by atoms with Gasteiger partial charge in [-0.2, -0.15) is 0 Å². The van der Waals surface area contributed by atoms with Crippen LogP contribution in [0.4, 0.5) is 5.69 Å². The van der Waals surface area contributed by atoms with Crippen molar-refractivity contribution in [3.05, 3.63) is 53.6 Å². The van der Waals surface area contributed by atoms with Crippen LogP contribution in [0.2, 0.25) is 0 Å². The SMILES string of the molecule is CCOC(=O)c1ccc(N(CC2CC2)C(=O)C2CCN(C(=O)c3cc(OC)cc(OC)c3)CC2)cc1. The Bertz CT molecular complexity index is 1070. The molecule has 0 aromatic heterocycles. The normalized spacial score (nSPS) is 15.8. The quantitative estimate of drug-likeness (QED) is 0.487. The van der Waals surface area contributed by atoms with Crippen LogP contribution in [0, 0.1) is 11.8 Å². The molecule has 0 N–H and O–H groups in total. The predicted molar refractivity (Wildman–Crippen MR) is 136 cm³/mol. The van der Waals surface area contributed by atoms with Crippen molar-refractivity contribution in [2.24, 2.45) is 11.8 Å². The van der Waals surface area contributed by atoms with Crippen LogP contribution >= 0.6 is 0 Å². The third-order valence-electron chi connectivity index (χ3n) is 6.82. The van der Waals surface area contributed by atoms with E-state index in [2.05, 4.69) is 0 Å². The first kappa shape index (κ1) is 25.5. The highest BCUT2D eigenvalue weighted by molar-refractivity contribution is 5.97. The monoisotopic (exact) mass is 494 g/mol. The molecule has 4 rings (SSSR count). The number of likely N-dealkylation sites (tertiary alicyclic amines) is 1. The number of nitrogens with zero attached hydrogens (tertiary/aromatic N) is 2. The number of hydrogen-bond donors (Lipinski definition) is 0. The van der Waals surface area contributed by atoms with Crippen molar-refractivity contribution >= 4 is 23.5 Å². The molecule has 36 heavy (non-hydrogen) atoms. The maximum Gasteiger partial charge on any atom is 0.338 e. The summed E-state index contributed by atoms with van der Waals surface area (Å²) in [6.45, 7) is 3.79. The van der Waals surface area contributed by atoms with Gasteiger partial charge in [0.1, 0.15) is 11.5 Å². The van der Waals surface area contributed by atoms with Gasteiger partial charge in [-0.05, 0) is 74.9 Å². The van der Waals surface area contributed by atoms with E-state index in [1.165, 1.54) is 0 Å². The van der Waals surface area contributed by atoms with Crippen molar-refractivity contribution < 1.29 is 28.6 Å². The van der Waals surface area contributed by atoms with Crippen molar-refractivity contribution in [1.82, 2.24) is 4.90 Å². The average Bonchev–Trinajstić information content (AvgIpc) is 3.75. The van der Waals surface area contributed by atoms with E-state index in [-0.39, 0.29) is 23.7 Å². The van der Waals surface area contributed by atoms with Gasteiger partial charge in [0, 0.05) is 42.9 Å². The second-order valence-electron chi connectivity index (χ2n) is 9.33.